The van der Waals surface area contributed by atoms with Crippen LogP contribution in [0.2, 0.25) is 5.02 Å². The Hall–Kier alpha value is -1.47. The molecule has 3 rings (SSSR count). The van der Waals surface area contributed by atoms with Crippen LogP contribution in [0.3, 0.4) is 0 Å². The van der Waals surface area contributed by atoms with E-state index in [1.54, 1.807) is 30.0 Å². The number of carbonyl (C=O) groups is 1. The van der Waals surface area contributed by atoms with Crippen molar-refractivity contribution in [2.24, 2.45) is 10.7 Å². The number of anilines is 1. The predicted molar refractivity (Wildman–Crippen MR) is 114 cm³/mol. The van der Waals surface area contributed by atoms with E-state index in [1.807, 2.05) is 25.1 Å². The molecule has 5 nitrogen and oxygen atoms in total. The van der Waals surface area contributed by atoms with Crippen molar-refractivity contribution in [3.8, 4) is 0 Å². The molecule has 3 N–H and O–H groups in total. The Labute approximate surface area is 174 Å². The first-order valence-electron chi connectivity index (χ1n) is 7.48. The third kappa shape index (κ3) is 5.27. The zero-order valence-corrected chi connectivity index (χ0v) is 17.1. The Morgan fingerprint density at radius 2 is 2.08 bits per heavy atom. The third-order valence-electron chi connectivity index (χ3n) is 3.91. The average Bonchev–Trinajstić information content (AvgIpc) is 2.57. The summed E-state index contributed by atoms with van der Waals surface area (Å²) in [5.41, 5.74) is 7.00. The Morgan fingerprint density at radius 1 is 1.31 bits per heavy atom. The molecule has 2 heterocycles. The molecule has 1 aromatic heterocycles. The zero-order chi connectivity index (χ0) is 17.2. The third-order valence-corrected chi connectivity index (χ3v) is 4.93. The molecule has 26 heavy (non-hydrogen) atoms. The van der Waals surface area contributed by atoms with Crippen LogP contribution >= 0.6 is 48.2 Å². The lowest BCUT2D eigenvalue weighted by Crippen LogP contribution is -2.29. The van der Waals surface area contributed by atoms with Gasteiger partial charge in [-0.1, -0.05) is 35.5 Å². The molecule has 1 amide bonds. The lowest BCUT2D eigenvalue weighted by molar-refractivity contribution is 0.102. The van der Waals surface area contributed by atoms with Crippen LogP contribution in [0.5, 0.6) is 0 Å². The number of hydrogen-bond acceptors (Lipinski definition) is 5. The largest absolute Gasteiger partial charge is 0.379 e. The van der Waals surface area contributed by atoms with Gasteiger partial charge in [0, 0.05) is 17.5 Å². The summed E-state index contributed by atoms with van der Waals surface area (Å²) in [4.78, 5) is 21.1. The van der Waals surface area contributed by atoms with Crippen LogP contribution in [-0.2, 0) is 5.54 Å². The number of nitrogens with two attached hydrogens (primary N) is 1. The lowest BCUT2D eigenvalue weighted by atomic mass is 9.88. The summed E-state index contributed by atoms with van der Waals surface area (Å²) in [5, 5.41) is 3.87. The van der Waals surface area contributed by atoms with E-state index in [9.17, 15) is 4.79 Å². The zero-order valence-electron chi connectivity index (χ0n) is 13.9. The molecule has 1 aliphatic rings. The molecule has 1 aromatic carbocycles. The normalized spacial score (nSPS) is 18.8. The fourth-order valence-electron chi connectivity index (χ4n) is 2.53. The molecular weight excluding hydrogens is 415 g/mol. The van der Waals surface area contributed by atoms with Crippen molar-refractivity contribution in [2.75, 3.05) is 11.1 Å². The number of pyridine rings is 1. The molecule has 9 heteroatoms. The quantitative estimate of drug-likeness (QED) is 0.747. The fraction of sp³-hybridized carbons (Fsp3) is 0.235. The number of aromatic nitrogens is 1. The maximum absolute atomic E-state index is 12.5. The minimum absolute atomic E-state index is 0. The summed E-state index contributed by atoms with van der Waals surface area (Å²) >= 11 is 7.36. The highest BCUT2D eigenvalue weighted by Crippen LogP contribution is 2.35. The first-order chi connectivity index (χ1) is 11.5. The van der Waals surface area contributed by atoms with E-state index < -0.39 is 5.54 Å². The Balaban J connectivity index is 0.00000169. The van der Waals surface area contributed by atoms with Gasteiger partial charge in [-0.2, -0.15) is 0 Å². The number of carbonyl (C=O) groups excluding carboxylic acids is 1. The molecule has 0 radical (unpaired) electrons. The number of nitrogens with one attached hydrogen (secondary N) is 1. The summed E-state index contributed by atoms with van der Waals surface area (Å²) in [5.74, 6) is 1.14. The van der Waals surface area contributed by atoms with Crippen molar-refractivity contribution in [3.05, 3.63) is 58.7 Å². The number of thioether (sulfide) groups is 1. The van der Waals surface area contributed by atoms with Crippen molar-refractivity contribution in [1.82, 2.24) is 4.98 Å². The molecule has 0 fully saturated rings. The molecule has 1 atom stereocenters. The van der Waals surface area contributed by atoms with E-state index >= 15 is 0 Å². The van der Waals surface area contributed by atoms with E-state index in [1.165, 1.54) is 6.20 Å². The highest BCUT2D eigenvalue weighted by Gasteiger charge is 2.29. The predicted octanol–water partition coefficient (Wildman–Crippen LogP) is 4.50. The molecule has 1 unspecified atom stereocenters. The Kier molecular flexibility index (Phi) is 8.21. The van der Waals surface area contributed by atoms with Crippen molar-refractivity contribution in [3.63, 3.8) is 0 Å². The van der Waals surface area contributed by atoms with Crippen LogP contribution in [-0.4, -0.2) is 21.8 Å². The molecule has 0 saturated heterocycles. The van der Waals surface area contributed by atoms with Gasteiger partial charge in [-0.3, -0.25) is 9.79 Å². The van der Waals surface area contributed by atoms with Crippen LogP contribution in [0, 0.1) is 0 Å². The summed E-state index contributed by atoms with van der Waals surface area (Å²) in [6.07, 6.45) is 2.37. The van der Waals surface area contributed by atoms with Gasteiger partial charge in [-0.25, -0.2) is 4.98 Å². The maximum atomic E-state index is 12.5. The van der Waals surface area contributed by atoms with Crippen molar-refractivity contribution < 1.29 is 4.79 Å². The second-order valence-electron chi connectivity index (χ2n) is 5.72. The Morgan fingerprint density at radius 3 is 2.73 bits per heavy atom. The van der Waals surface area contributed by atoms with Crippen LogP contribution in [0.1, 0.15) is 29.3 Å². The second-order valence-corrected chi connectivity index (χ2v) is 7.27. The number of rotatable bonds is 3. The number of halogens is 3. The smallest absolute Gasteiger partial charge is 0.256 e. The first kappa shape index (κ1) is 22.6. The van der Waals surface area contributed by atoms with E-state index in [2.05, 4.69) is 15.3 Å². The van der Waals surface area contributed by atoms with Crippen LogP contribution in [0.25, 0.3) is 0 Å². The van der Waals surface area contributed by atoms with Gasteiger partial charge in [-0.15, -0.1) is 24.8 Å². The maximum Gasteiger partial charge on any atom is 0.256 e. The van der Waals surface area contributed by atoms with E-state index in [4.69, 9.17) is 17.3 Å². The number of aliphatic imine (C=N–C) groups is 1. The summed E-state index contributed by atoms with van der Waals surface area (Å²) in [6.45, 7) is 2.04. The number of amides is 1. The van der Waals surface area contributed by atoms with Gasteiger partial charge in [0.1, 0.15) is 5.82 Å². The van der Waals surface area contributed by atoms with Crippen LogP contribution < -0.4 is 11.1 Å². The molecule has 0 spiro atoms. The molecule has 0 saturated carbocycles. The van der Waals surface area contributed by atoms with Crippen molar-refractivity contribution >= 4 is 65.1 Å². The van der Waals surface area contributed by atoms with E-state index in [0.717, 1.165) is 17.7 Å². The highest BCUT2D eigenvalue weighted by atomic mass is 35.5. The summed E-state index contributed by atoms with van der Waals surface area (Å²) in [6, 6.07) is 10.8. The number of amidine groups is 1. The molecule has 2 aromatic rings. The molecular formula is C17H19Cl3N4OS. The number of hydrogen-bond donors (Lipinski definition) is 2. The number of nitrogens with zero attached hydrogens (tertiary/aromatic N) is 2. The van der Waals surface area contributed by atoms with Gasteiger partial charge in [0.25, 0.3) is 5.91 Å². The summed E-state index contributed by atoms with van der Waals surface area (Å²) in [7, 11) is 0. The molecule has 140 valence electrons. The SMILES string of the molecule is CC1(c2cccc(C(=O)Nc3ccc(Cl)cn3)c2)CCSC(N)=N1.Cl.Cl. The Bertz CT molecular complexity index is 801. The fourth-order valence-corrected chi connectivity index (χ4v) is 3.61. The average molecular weight is 434 g/mol. The lowest BCUT2D eigenvalue weighted by Gasteiger charge is -2.30. The van der Waals surface area contributed by atoms with Crippen LogP contribution in [0.4, 0.5) is 5.82 Å². The minimum Gasteiger partial charge on any atom is -0.379 e. The first-order valence-corrected chi connectivity index (χ1v) is 8.84. The molecule has 0 bridgehead atoms. The van der Waals surface area contributed by atoms with Gasteiger partial charge in [-0.05, 0) is 43.2 Å². The van der Waals surface area contributed by atoms with Gasteiger partial charge in [0.15, 0.2) is 5.17 Å². The topological polar surface area (TPSA) is 80.4 Å². The molecule has 0 aliphatic carbocycles. The highest BCUT2D eigenvalue weighted by molar-refractivity contribution is 8.13. The molecule has 1 aliphatic heterocycles. The summed E-state index contributed by atoms with van der Waals surface area (Å²) < 4.78 is 0. The standard InChI is InChI=1S/C17H17ClN4OS.2ClH/c1-17(7-8-24-16(19)22-17)12-4-2-3-11(9-12)15(23)21-14-6-5-13(18)10-20-14;;/h2-6,9-10H,7-8H2,1H3,(H2,19,22)(H,20,21,23);2*1H. The van der Waals surface area contributed by atoms with Gasteiger partial charge < -0.3 is 11.1 Å². The second kappa shape index (κ2) is 9.46. The van der Waals surface area contributed by atoms with Crippen molar-refractivity contribution in [2.45, 2.75) is 18.9 Å². The van der Waals surface area contributed by atoms with Crippen molar-refractivity contribution in [1.29, 1.82) is 0 Å². The van der Waals surface area contributed by atoms with Crippen LogP contribution in [0.15, 0.2) is 47.6 Å². The van der Waals surface area contributed by atoms with Gasteiger partial charge >= 0.3 is 0 Å². The monoisotopic (exact) mass is 432 g/mol. The van der Waals surface area contributed by atoms with Gasteiger partial charge in [0.2, 0.25) is 0 Å². The number of benzene rings is 1. The minimum atomic E-state index is -0.399. The van der Waals surface area contributed by atoms with E-state index in [0.29, 0.717) is 21.6 Å². The van der Waals surface area contributed by atoms with E-state index in [-0.39, 0.29) is 30.7 Å². The van der Waals surface area contributed by atoms with Gasteiger partial charge in [0.05, 0.1) is 10.6 Å².